The molecule has 5 N–H and O–H groups in total. The van der Waals surface area contributed by atoms with Crippen molar-refractivity contribution in [2.75, 3.05) is 13.6 Å². The topological polar surface area (TPSA) is 93.0 Å². The molecule has 1 aromatic rings. The Balaban J connectivity index is 3.23. The van der Waals surface area contributed by atoms with Crippen LogP contribution in [0.1, 0.15) is 11.7 Å². The van der Waals surface area contributed by atoms with Crippen LogP contribution in [0.15, 0.2) is 6.07 Å². The van der Waals surface area contributed by atoms with Gasteiger partial charge in [0, 0.05) is 12.6 Å². The van der Waals surface area contributed by atoms with Gasteiger partial charge in [-0.1, -0.05) is 0 Å². The normalized spacial score (nSPS) is 12.7. The van der Waals surface area contributed by atoms with E-state index in [2.05, 4.69) is 5.32 Å². The van der Waals surface area contributed by atoms with Gasteiger partial charge >= 0.3 is 0 Å². The van der Waals surface area contributed by atoms with Crippen LogP contribution in [0.5, 0.6) is 17.2 Å². The zero-order valence-corrected chi connectivity index (χ0v) is 8.23. The van der Waals surface area contributed by atoms with Gasteiger partial charge in [0.15, 0.2) is 0 Å². The molecule has 1 unspecified atom stereocenters. The minimum atomic E-state index is -1.10. The molecule has 15 heavy (non-hydrogen) atoms. The third kappa shape index (κ3) is 2.16. The summed E-state index contributed by atoms with van der Waals surface area (Å²) in [5, 5.41) is 40.4. The van der Waals surface area contributed by atoms with E-state index in [1.165, 1.54) is 0 Å². The second-order valence-electron chi connectivity index (χ2n) is 3.16. The van der Waals surface area contributed by atoms with Gasteiger partial charge in [0.1, 0.15) is 25.1 Å². The van der Waals surface area contributed by atoms with E-state index in [9.17, 15) is 20.4 Å². The number of aliphatic hydroxyl groups excluding tert-OH is 1. The average Bonchev–Trinajstić information content (AvgIpc) is 2.15. The fourth-order valence-electron chi connectivity index (χ4n) is 1.30. The Morgan fingerprint density at radius 1 is 1.33 bits per heavy atom. The third-order valence-corrected chi connectivity index (χ3v) is 2.07. The van der Waals surface area contributed by atoms with Crippen LogP contribution in [0, 0.1) is 0 Å². The van der Waals surface area contributed by atoms with Crippen LogP contribution in [0.25, 0.3) is 0 Å². The summed E-state index contributed by atoms with van der Waals surface area (Å²) in [6, 6.07) is 0.975. The predicted molar refractivity (Wildman–Crippen MR) is 55.7 cm³/mol. The first-order valence-electron chi connectivity index (χ1n) is 4.35. The Kier molecular flexibility index (Phi) is 3.44. The lowest BCUT2D eigenvalue weighted by Crippen LogP contribution is -2.18. The van der Waals surface area contributed by atoms with Crippen molar-refractivity contribution in [3.8, 4) is 17.2 Å². The molecule has 0 spiro atoms. The standard InChI is InChI=1S/C9H12BNO4/c1-11-3-6(14)7-4(12)2-5(13)8(10)9(7)15/h2,6,11-15H,3H2,1H3. The Hall–Kier alpha value is -1.40. The van der Waals surface area contributed by atoms with Crippen LogP contribution in [-0.2, 0) is 0 Å². The van der Waals surface area contributed by atoms with Gasteiger partial charge in [-0.3, -0.25) is 0 Å². The summed E-state index contributed by atoms with van der Waals surface area (Å²) in [5.74, 6) is -1.33. The number of hydrogen-bond donors (Lipinski definition) is 5. The lowest BCUT2D eigenvalue weighted by molar-refractivity contribution is 0.170. The van der Waals surface area contributed by atoms with Crippen molar-refractivity contribution in [1.82, 2.24) is 5.32 Å². The van der Waals surface area contributed by atoms with Crippen molar-refractivity contribution in [2.45, 2.75) is 6.10 Å². The molecule has 0 amide bonds. The van der Waals surface area contributed by atoms with Crippen LogP contribution in [-0.4, -0.2) is 41.9 Å². The number of aromatic hydroxyl groups is 3. The van der Waals surface area contributed by atoms with Gasteiger partial charge in [-0.25, -0.2) is 0 Å². The summed E-state index contributed by atoms with van der Waals surface area (Å²) in [6.45, 7) is 0.144. The molecule has 1 rings (SSSR count). The second kappa shape index (κ2) is 4.42. The molecule has 0 aliphatic heterocycles. The smallest absolute Gasteiger partial charge is 0.128 e. The van der Waals surface area contributed by atoms with Crippen molar-refractivity contribution in [3.63, 3.8) is 0 Å². The summed E-state index contributed by atoms with van der Waals surface area (Å²) < 4.78 is 0. The van der Waals surface area contributed by atoms with E-state index in [-0.39, 0.29) is 17.6 Å². The molecule has 0 heterocycles. The Morgan fingerprint density at radius 3 is 2.47 bits per heavy atom. The van der Waals surface area contributed by atoms with Gasteiger partial charge in [-0.2, -0.15) is 0 Å². The second-order valence-corrected chi connectivity index (χ2v) is 3.16. The minimum absolute atomic E-state index is 0.0975. The first kappa shape index (κ1) is 11.7. The average molecular weight is 209 g/mol. The molecule has 0 aromatic heterocycles. The molecule has 6 heteroatoms. The number of phenols is 3. The predicted octanol–water partition coefficient (Wildman–Crippen LogP) is -1.15. The van der Waals surface area contributed by atoms with Crippen molar-refractivity contribution < 1.29 is 20.4 Å². The van der Waals surface area contributed by atoms with E-state index < -0.39 is 23.4 Å². The highest BCUT2D eigenvalue weighted by atomic mass is 16.3. The van der Waals surface area contributed by atoms with Crippen LogP contribution in [0.4, 0.5) is 0 Å². The number of likely N-dealkylation sites (N-methyl/N-ethyl adjacent to an activating group) is 1. The van der Waals surface area contributed by atoms with Crippen LogP contribution in [0.3, 0.4) is 0 Å². The van der Waals surface area contributed by atoms with Crippen molar-refractivity contribution in [3.05, 3.63) is 11.6 Å². The molecule has 1 atom stereocenters. The Labute approximate surface area is 88.4 Å². The van der Waals surface area contributed by atoms with Gasteiger partial charge in [0.05, 0.1) is 11.7 Å². The molecular formula is C9H12BNO4. The first-order chi connectivity index (χ1) is 6.99. The summed E-state index contributed by atoms with van der Waals surface area (Å²) >= 11 is 0. The molecule has 1 aromatic carbocycles. The van der Waals surface area contributed by atoms with Gasteiger partial charge in [0.2, 0.25) is 0 Å². The molecule has 0 saturated carbocycles. The minimum Gasteiger partial charge on any atom is -0.508 e. The van der Waals surface area contributed by atoms with Crippen LogP contribution >= 0.6 is 0 Å². The van der Waals surface area contributed by atoms with E-state index in [0.717, 1.165) is 6.07 Å². The maximum atomic E-state index is 9.58. The Bertz CT molecular complexity index is 370. The van der Waals surface area contributed by atoms with Crippen molar-refractivity contribution >= 4 is 13.3 Å². The van der Waals surface area contributed by atoms with Gasteiger partial charge in [0.25, 0.3) is 0 Å². The lowest BCUT2D eigenvalue weighted by Gasteiger charge is -2.16. The zero-order chi connectivity index (χ0) is 11.6. The van der Waals surface area contributed by atoms with E-state index in [1.54, 1.807) is 7.05 Å². The van der Waals surface area contributed by atoms with E-state index in [4.69, 9.17) is 7.85 Å². The molecule has 0 aliphatic carbocycles. The van der Waals surface area contributed by atoms with Crippen LogP contribution < -0.4 is 10.8 Å². The van der Waals surface area contributed by atoms with Crippen molar-refractivity contribution in [2.24, 2.45) is 0 Å². The molecule has 80 valence electrons. The number of nitrogens with one attached hydrogen (secondary N) is 1. The fourth-order valence-corrected chi connectivity index (χ4v) is 1.30. The summed E-state index contributed by atoms with van der Waals surface area (Å²) in [7, 11) is 6.96. The molecule has 0 bridgehead atoms. The highest BCUT2D eigenvalue weighted by molar-refractivity contribution is 6.36. The first-order valence-corrected chi connectivity index (χ1v) is 4.35. The maximum absolute atomic E-state index is 9.58. The highest BCUT2D eigenvalue weighted by Crippen LogP contribution is 2.34. The molecule has 0 fully saturated rings. The SMILES string of the molecule is [B]c1c(O)cc(O)c(C(O)CNC)c1O. The van der Waals surface area contributed by atoms with Gasteiger partial charge in [-0.05, 0) is 12.5 Å². The third-order valence-electron chi connectivity index (χ3n) is 2.07. The number of benzene rings is 1. The zero-order valence-electron chi connectivity index (χ0n) is 8.23. The van der Waals surface area contributed by atoms with Gasteiger partial charge in [-0.15, -0.1) is 0 Å². The fraction of sp³-hybridized carbons (Fsp3) is 0.333. The number of phenolic OH excluding ortho intramolecular Hbond substituents is 3. The lowest BCUT2D eigenvalue weighted by atomic mass is 9.89. The molecule has 0 saturated heterocycles. The molecule has 0 aliphatic rings. The molecule has 5 nitrogen and oxygen atoms in total. The number of aliphatic hydroxyl groups is 1. The maximum Gasteiger partial charge on any atom is 0.128 e. The number of rotatable bonds is 3. The monoisotopic (exact) mass is 209 g/mol. The quantitative estimate of drug-likeness (QED) is 0.405. The summed E-state index contributed by atoms with van der Waals surface area (Å²) in [5.41, 5.74) is -0.363. The Morgan fingerprint density at radius 2 is 1.93 bits per heavy atom. The molecular weight excluding hydrogens is 197 g/mol. The number of hydrogen-bond acceptors (Lipinski definition) is 5. The van der Waals surface area contributed by atoms with Crippen molar-refractivity contribution in [1.29, 1.82) is 0 Å². The summed E-state index contributed by atoms with van der Waals surface area (Å²) in [6.07, 6.45) is -1.10. The van der Waals surface area contributed by atoms with E-state index in [0.29, 0.717) is 0 Å². The molecule has 2 radical (unpaired) electrons. The highest BCUT2D eigenvalue weighted by Gasteiger charge is 2.20. The van der Waals surface area contributed by atoms with Gasteiger partial charge < -0.3 is 25.7 Å². The summed E-state index contributed by atoms with van der Waals surface area (Å²) in [4.78, 5) is 0. The van der Waals surface area contributed by atoms with Crippen LogP contribution in [0.2, 0.25) is 0 Å². The van der Waals surface area contributed by atoms with E-state index >= 15 is 0 Å². The van der Waals surface area contributed by atoms with E-state index in [1.807, 2.05) is 0 Å². The largest absolute Gasteiger partial charge is 0.508 e.